The number of halogens is 1. The zero-order valence-corrected chi connectivity index (χ0v) is 15.6. The van der Waals surface area contributed by atoms with Gasteiger partial charge in [-0.2, -0.15) is 5.26 Å². The second kappa shape index (κ2) is 9.25. The van der Waals surface area contributed by atoms with Crippen LogP contribution in [0, 0.1) is 21.4 Å². The topological polar surface area (TPSA) is 127 Å². The minimum Gasteiger partial charge on any atom is -0.495 e. The summed E-state index contributed by atoms with van der Waals surface area (Å²) in [6, 6.07) is 10.3. The first-order valence-corrected chi connectivity index (χ1v) is 8.11. The van der Waals surface area contributed by atoms with E-state index in [1.807, 2.05) is 0 Å². The van der Waals surface area contributed by atoms with E-state index in [-0.39, 0.29) is 22.7 Å². The summed E-state index contributed by atoms with van der Waals surface area (Å²) < 4.78 is 10.1. The molecule has 9 nitrogen and oxygen atoms in total. The van der Waals surface area contributed by atoms with Crippen LogP contribution in [0.4, 0.5) is 17.1 Å². The Balaban J connectivity index is 2.17. The molecule has 144 valence electrons. The van der Waals surface area contributed by atoms with Crippen LogP contribution in [0.25, 0.3) is 0 Å². The Kier molecular flexibility index (Phi) is 6.79. The highest BCUT2D eigenvalue weighted by molar-refractivity contribution is 6.32. The Morgan fingerprint density at radius 2 is 1.93 bits per heavy atom. The van der Waals surface area contributed by atoms with E-state index in [2.05, 4.69) is 10.6 Å². The average Bonchev–Trinajstić information content (AvgIpc) is 2.68. The van der Waals surface area contributed by atoms with Crippen LogP contribution in [0.3, 0.4) is 0 Å². The van der Waals surface area contributed by atoms with Gasteiger partial charge < -0.3 is 20.1 Å². The number of nitro groups is 1. The summed E-state index contributed by atoms with van der Waals surface area (Å²) in [6.07, 6.45) is 1.21. The van der Waals surface area contributed by atoms with E-state index in [4.69, 9.17) is 21.1 Å². The molecule has 0 saturated heterocycles. The maximum atomic E-state index is 12.3. The van der Waals surface area contributed by atoms with Crippen molar-refractivity contribution in [1.29, 1.82) is 5.26 Å². The molecule has 0 heterocycles. The average molecular weight is 403 g/mol. The summed E-state index contributed by atoms with van der Waals surface area (Å²) in [5, 5.41) is 25.7. The molecule has 0 aliphatic rings. The number of hydrogen-bond donors (Lipinski definition) is 2. The Labute approximate surface area is 165 Å². The molecular formula is C18H15ClN4O5. The molecule has 0 bridgehead atoms. The summed E-state index contributed by atoms with van der Waals surface area (Å²) in [6.45, 7) is 0. The molecule has 0 fully saturated rings. The molecule has 0 aromatic heterocycles. The van der Waals surface area contributed by atoms with Gasteiger partial charge in [0.2, 0.25) is 0 Å². The number of methoxy groups -OCH3 is 2. The summed E-state index contributed by atoms with van der Waals surface area (Å²) in [5.74, 6) is -0.142. The van der Waals surface area contributed by atoms with Crippen LogP contribution < -0.4 is 20.1 Å². The van der Waals surface area contributed by atoms with Crippen LogP contribution in [0.15, 0.2) is 48.2 Å². The number of rotatable bonds is 7. The fourth-order valence-electron chi connectivity index (χ4n) is 2.15. The van der Waals surface area contributed by atoms with Gasteiger partial charge in [-0.05, 0) is 24.3 Å². The zero-order chi connectivity index (χ0) is 20.7. The van der Waals surface area contributed by atoms with Crippen molar-refractivity contribution in [2.45, 2.75) is 0 Å². The highest BCUT2D eigenvalue weighted by Crippen LogP contribution is 2.29. The van der Waals surface area contributed by atoms with E-state index in [1.165, 1.54) is 38.6 Å². The Morgan fingerprint density at radius 1 is 1.21 bits per heavy atom. The van der Waals surface area contributed by atoms with E-state index < -0.39 is 10.8 Å². The summed E-state index contributed by atoms with van der Waals surface area (Å²) in [5.41, 5.74) is 0.308. The fraction of sp³-hybridized carbons (Fsp3) is 0.111. The lowest BCUT2D eigenvalue weighted by atomic mass is 10.2. The van der Waals surface area contributed by atoms with Crippen LogP contribution in [0.5, 0.6) is 11.5 Å². The van der Waals surface area contributed by atoms with Gasteiger partial charge in [-0.1, -0.05) is 11.6 Å². The molecule has 28 heavy (non-hydrogen) atoms. The Morgan fingerprint density at radius 3 is 2.50 bits per heavy atom. The number of ether oxygens (including phenoxy) is 2. The van der Waals surface area contributed by atoms with Gasteiger partial charge in [-0.25, -0.2) is 0 Å². The number of benzene rings is 2. The predicted octanol–water partition coefficient (Wildman–Crippen LogP) is 3.72. The van der Waals surface area contributed by atoms with Gasteiger partial charge in [-0.3, -0.25) is 14.9 Å². The van der Waals surface area contributed by atoms with Crippen molar-refractivity contribution in [1.82, 2.24) is 0 Å². The highest BCUT2D eigenvalue weighted by Gasteiger charge is 2.16. The van der Waals surface area contributed by atoms with Gasteiger partial charge >= 0.3 is 0 Å². The number of hydrogen-bond acceptors (Lipinski definition) is 7. The van der Waals surface area contributed by atoms with E-state index >= 15 is 0 Å². The Hall–Kier alpha value is -3.77. The van der Waals surface area contributed by atoms with E-state index in [0.29, 0.717) is 16.5 Å². The molecule has 2 aromatic rings. The zero-order valence-electron chi connectivity index (χ0n) is 14.9. The second-order valence-corrected chi connectivity index (χ2v) is 5.67. The predicted molar refractivity (Wildman–Crippen MR) is 104 cm³/mol. The van der Waals surface area contributed by atoms with Gasteiger partial charge in [0, 0.05) is 18.0 Å². The van der Waals surface area contributed by atoms with E-state index in [9.17, 15) is 20.2 Å². The smallest absolute Gasteiger partial charge is 0.273 e. The third-order valence-electron chi connectivity index (χ3n) is 3.54. The first kappa shape index (κ1) is 20.5. The number of nitrogens with one attached hydrogen (secondary N) is 2. The number of nitro benzene ring substituents is 1. The molecule has 2 N–H and O–H groups in total. The molecule has 0 atom stereocenters. The second-order valence-electron chi connectivity index (χ2n) is 5.26. The lowest BCUT2D eigenvalue weighted by Crippen LogP contribution is -2.15. The maximum absolute atomic E-state index is 12.3. The summed E-state index contributed by atoms with van der Waals surface area (Å²) >= 11 is 6.03. The normalized spacial score (nSPS) is 10.6. The molecule has 0 saturated carbocycles. The minimum atomic E-state index is -0.721. The van der Waals surface area contributed by atoms with Crippen molar-refractivity contribution >= 4 is 34.6 Å². The first-order valence-electron chi connectivity index (χ1n) is 7.73. The molecule has 0 spiro atoms. The van der Waals surface area contributed by atoms with Crippen LogP contribution in [-0.2, 0) is 4.79 Å². The summed E-state index contributed by atoms with van der Waals surface area (Å²) in [7, 11) is 2.80. The van der Waals surface area contributed by atoms with Gasteiger partial charge in [0.05, 0.1) is 35.9 Å². The number of nitriles is 1. The molecule has 0 radical (unpaired) electrons. The van der Waals surface area contributed by atoms with Crippen molar-refractivity contribution in [2.75, 3.05) is 24.9 Å². The number of nitrogens with zero attached hydrogens (tertiary/aromatic N) is 2. The minimum absolute atomic E-state index is 0.0923. The third-order valence-corrected chi connectivity index (χ3v) is 3.84. The van der Waals surface area contributed by atoms with Crippen LogP contribution in [0.2, 0.25) is 5.02 Å². The van der Waals surface area contributed by atoms with Gasteiger partial charge in [0.1, 0.15) is 23.1 Å². The number of carbonyl (C=O) groups excluding carboxylic acids is 1. The Bertz CT molecular complexity index is 984. The maximum Gasteiger partial charge on any atom is 0.273 e. The number of non-ortho nitro benzene ring substituents is 1. The monoisotopic (exact) mass is 402 g/mol. The van der Waals surface area contributed by atoms with Crippen molar-refractivity contribution in [2.24, 2.45) is 0 Å². The lowest BCUT2D eigenvalue weighted by molar-refractivity contribution is -0.384. The SMILES string of the molecule is COc1ccc(N/C=C(/C#N)C(=O)Nc2ccc([N+](=O)[O-])cc2OC)cc1Cl. The standard InChI is InChI=1S/C18H15ClN4O5/c1-27-16-6-3-12(7-14(16)19)21-10-11(9-20)18(24)22-15-5-4-13(23(25)26)8-17(15)28-2/h3-8,10,21H,1-2H3,(H,22,24)/b11-10-. The van der Waals surface area contributed by atoms with Crippen LogP contribution in [-0.4, -0.2) is 25.1 Å². The van der Waals surface area contributed by atoms with Crippen LogP contribution in [0.1, 0.15) is 0 Å². The van der Waals surface area contributed by atoms with Crippen molar-refractivity contribution in [3.8, 4) is 17.6 Å². The number of amides is 1. The van der Waals surface area contributed by atoms with Crippen LogP contribution >= 0.6 is 11.6 Å². The molecule has 1 amide bonds. The van der Waals surface area contributed by atoms with Crippen molar-refractivity contribution < 1.29 is 19.2 Å². The van der Waals surface area contributed by atoms with Crippen molar-refractivity contribution in [3.63, 3.8) is 0 Å². The molecule has 10 heteroatoms. The highest BCUT2D eigenvalue weighted by atomic mass is 35.5. The van der Waals surface area contributed by atoms with E-state index in [1.54, 1.807) is 24.3 Å². The first-order chi connectivity index (χ1) is 13.4. The van der Waals surface area contributed by atoms with E-state index in [0.717, 1.165) is 0 Å². The fourth-order valence-corrected chi connectivity index (χ4v) is 2.40. The molecule has 2 rings (SSSR count). The lowest BCUT2D eigenvalue weighted by Gasteiger charge is -2.10. The molecule has 2 aromatic carbocycles. The molecular weight excluding hydrogens is 388 g/mol. The van der Waals surface area contributed by atoms with Gasteiger partial charge in [0.15, 0.2) is 0 Å². The third kappa shape index (κ3) is 4.90. The molecule has 0 unspecified atom stereocenters. The number of anilines is 2. The largest absolute Gasteiger partial charge is 0.495 e. The molecule has 0 aliphatic carbocycles. The number of carbonyl (C=O) groups is 1. The van der Waals surface area contributed by atoms with Gasteiger partial charge in [0.25, 0.3) is 11.6 Å². The quantitative estimate of drug-likeness (QED) is 0.312. The van der Waals surface area contributed by atoms with Gasteiger partial charge in [-0.15, -0.1) is 0 Å². The van der Waals surface area contributed by atoms with Crippen molar-refractivity contribution in [3.05, 3.63) is 63.3 Å². The molecule has 0 aliphatic heterocycles. The summed E-state index contributed by atoms with van der Waals surface area (Å²) in [4.78, 5) is 22.6.